The van der Waals surface area contributed by atoms with Gasteiger partial charge in [-0.1, -0.05) is 36.4 Å². The first kappa shape index (κ1) is 23.3. The van der Waals surface area contributed by atoms with Gasteiger partial charge in [-0.25, -0.2) is 4.98 Å². The molecule has 2 aromatic heterocycles. The predicted octanol–water partition coefficient (Wildman–Crippen LogP) is 6.70. The monoisotopic (exact) mass is 488 g/mol. The number of ether oxygens (including phenoxy) is 1. The van der Waals surface area contributed by atoms with E-state index in [1.165, 1.54) is 33.3 Å². The summed E-state index contributed by atoms with van der Waals surface area (Å²) in [6.45, 7) is 6.53. The largest absolute Gasteiger partial charge is 0.496 e. The lowest BCUT2D eigenvalue weighted by atomic mass is 9.98. The first-order valence-electron chi connectivity index (χ1n) is 12.9. The fourth-order valence-corrected chi connectivity index (χ4v) is 5.35. The first-order chi connectivity index (χ1) is 18.1. The summed E-state index contributed by atoms with van der Waals surface area (Å²) in [6, 6.07) is 25.9. The van der Waals surface area contributed by atoms with Crippen LogP contribution in [0, 0.1) is 0 Å². The third kappa shape index (κ3) is 4.47. The predicted molar refractivity (Wildman–Crippen MR) is 155 cm³/mol. The number of hydrogen-bond donors (Lipinski definition) is 1. The maximum atomic E-state index is 5.57. The van der Waals surface area contributed by atoms with Crippen molar-refractivity contribution in [3.63, 3.8) is 0 Å². The lowest BCUT2D eigenvalue weighted by Gasteiger charge is -2.34. The average Bonchev–Trinajstić information content (AvgIpc) is 3.32. The highest BCUT2D eigenvalue weighted by molar-refractivity contribution is 6.12. The number of fused-ring (bicyclic) bond motifs is 3. The summed E-state index contributed by atoms with van der Waals surface area (Å²) in [6.07, 6.45) is 4.07. The van der Waals surface area contributed by atoms with E-state index in [4.69, 9.17) is 4.74 Å². The molecule has 0 atom stereocenters. The minimum Gasteiger partial charge on any atom is -0.496 e. The molecule has 1 fully saturated rings. The number of aromatic amines is 1. The third-order valence-electron chi connectivity index (χ3n) is 7.50. The van der Waals surface area contributed by atoms with Crippen LogP contribution in [-0.2, 0) is 0 Å². The summed E-state index contributed by atoms with van der Waals surface area (Å²) in [4.78, 5) is 13.0. The Hall–Kier alpha value is -4.09. The molecule has 3 heterocycles. The second-order valence-electron chi connectivity index (χ2n) is 9.87. The van der Waals surface area contributed by atoms with Gasteiger partial charge >= 0.3 is 0 Å². The second kappa shape index (κ2) is 9.75. The van der Waals surface area contributed by atoms with E-state index < -0.39 is 0 Å². The lowest BCUT2D eigenvalue weighted by molar-refractivity contribution is 0.313. The lowest BCUT2D eigenvalue weighted by Crippen LogP contribution is -2.44. The Morgan fingerprint density at radius 2 is 1.68 bits per heavy atom. The minimum absolute atomic E-state index is 0.869. The van der Waals surface area contributed by atoms with Crippen LogP contribution in [-0.4, -0.2) is 55.2 Å². The van der Waals surface area contributed by atoms with Crippen LogP contribution < -0.4 is 9.64 Å². The van der Waals surface area contributed by atoms with Gasteiger partial charge in [0.1, 0.15) is 11.4 Å². The van der Waals surface area contributed by atoms with Crippen LogP contribution in [0.25, 0.3) is 44.7 Å². The molecule has 0 radical (unpaired) electrons. The van der Waals surface area contributed by atoms with Gasteiger partial charge in [0.25, 0.3) is 0 Å². The summed E-state index contributed by atoms with van der Waals surface area (Å²) in [5.74, 6) is 0.869. The minimum atomic E-state index is 0.869. The Morgan fingerprint density at radius 1 is 0.919 bits per heavy atom. The van der Waals surface area contributed by atoms with Crippen LogP contribution in [0.1, 0.15) is 18.1 Å². The van der Waals surface area contributed by atoms with E-state index in [1.54, 1.807) is 7.11 Å². The van der Waals surface area contributed by atoms with Crippen molar-refractivity contribution >= 4 is 39.3 Å². The SMILES string of the molecule is COc1ccccc1/C=C(/C)c1ccnc2[nH]c3ccc(-c4ccc(N5CCN(C)CC5)cc4)cc3c12. The molecule has 0 aliphatic carbocycles. The number of likely N-dealkylation sites (N-methyl/N-ethyl adjacent to an activating group) is 1. The van der Waals surface area contributed by atoms with Gasteiger partial charge in [0.2, 0.25) is 0 Å². The maximum absolute atomic E-state index is 5.57. The number of nitrogens with one attached hydrogen (secondary N) is 1. The zero-order chi connectivity index (χ0) is 25.4. The van der Waals surface area contributed by atoms with Crippen molar-refractivity contribution in [3.8, 4) is 16.9 Å². The molecule has 1 aliphatic heterocycles. The molecule has 0 bridgehead atoms. The van der Waals surface area contributed by atoms with Gasteiger partial charge in [0.05, 0.1) is 7.11 Å². The fraction of sp³-hybridized carbons (Fsp3) is 0.219. The maximum Gasteiger partial charge on any atom is 0.138 e. The number of hydrogen-bond acceptors (Lipinski definition) is 4. The Kier molecular flexibility index (Phi) is 6.15. The van der Waals surface area contributed by atoms with Crippen molar-refractivity contribution in [1.82, 2.24) is 14.9 Å². The molecule has 1 saturated heterocycles. The molecule has 0 unspecified atom stereocenters. The summed E-state index contributed by atoms with van der Waals surface area (Å²) >= 11 is 0. The molecule has 5 heteroatoms. The fourth-order valence-electron chi connectivity index (χ4n) is 5.35. The van der Waals surface area contributed by atoms with Gasteiger partial charge in [-0.3, -0.25) is 0 Å². The number of piperazine rings is 1. The third-order valence-corrected chi connectivity index (χ3v) is 7.50. The number of rotatable bonds is 5. The highest BCUT2D eigenvalue weighted by atomic mass is 16.5. The second-order valence-corrected chi connectivity index (χ2v) is 9.87. The number of para-hydroxylation sites is 1. The molecule has 186 valence electrons. The van der Waals surface area contributed by atoms with Gasteiger partial charge in [-0.15, -0.1) is 0 Å². The van der Waals surface area contributed by atoms with Crippen LogP contribution >= 0.6 is 0 Å². The molecule has 0 saturated carbocycles. The van der Waals surface area contributed by atoms with Gasteiger partial charge in [0.15, 0.2) is 0 Å². The van der Waals surface area contributed by atoms with Crippen LogP contribution in [0.4, 0.5) is 5.69 Å². The summed E-state index contributed by atoms with van der Waals surface area (Å²) < 4.78 is 5.57. The van der Waals surface area contributed by atoms with Crippen LogP contribution in [0.15, 0.2) is 79.0 Å². The van der Waals surface area contributed by atoms with E-state index >= 15 is 0 Å². The summed E-state index contributed by atoms with van der Waals surface area (Å²) in [5, 5.41) is 2.34. The Labute approximate surface area is 218 Å². The standard InChI is InChI=1S/C32H32N4O/c1-22(20-25-6-4-5-7-30(25)37-3)27-14-15-33-32-31(27)28-21-24(10-13-29(28)34-32)23-8-11-26(12-9-23)36-18-16-35(2)17-19-36/h4-15,20-21H,16-19H2,1-3H3,(H,33,34)/b22-20-. The van der Waals surface area contributed by atoms with Gasteiger partial charge in [-0.05, 0) is 78.7 Å². The molecule has 5 aromatic rings. The Balaban J connectivity index is 1.39. The van der Waals surface area contributed by atoms with Crippen molar-refractivity contribution in [3.05, 3.63) is 90.1 Å². The van der Waals surface area contributed by atoms with Crippen LogP contribution in [0.2, 0.25) is 0 Å². The van der Waals surface area contributed by atoms with E-state index in [-0.39, 0.29) is 0 Å². The number of pyridine rings is 1. The highest BCUT2D eigenvalue weighted by Gasteiger charge is 2.15. The molecule has 1 aliphatic rings. The first-order valence-corrected chi connectivity index (χ1v) is 12.9. The van der Waals surface area contributed by atoms with Crippen molar-refractivity contribution in [2.75, 3.05) is 45.2 Å². The number of aromatic nitrogens is 2. The molecule has 0 amide bonds. The van der Waals surface area contributed by atoms with E-state index in [1.807, 2.05) is 24.4 Å². The van der Waals surface area contributed by atoms with E-state index in [0.717, 1.165) is 54.0 Å². The molecule has 6 rings (SSSR count). The number of nitrogens with zero attached hydrogens (tertiary/aromatic N) is 3. The van der Waals surface area contributed by atoms with E-state index in [2.05, 4.69) is 94.4 Å². The van der Waals surface area contributed by atoms with Gasteiger partial charge < -0.3 is 19.5 Å². The van der Waals surface area contributed by atoms with Gasteiger partial charge in [-0.2, -0.15) is 0 Å². The van der Waals surface area contributed by atoms with Crippen molar-refractivity contribution < 1.29 is 4.74 Å². The summed E-state index contributed by atoms with van der Waals surface area (Å²) in [5.41, 5.74) is 9.13. The summed E-state index contributed by atoms with van der Waals surface area (Å²) in [7, 11) is 3.91. The molecular formula is C32H32N4O. The van der Waals surface area contributed by atoms with Crippen molar-refractivity contribution in [2.24, 2.45) is 0 Å². The Morgan fingerprint density at radius 3 is 2.46 bits per heavy atom. The molecule has 5 nitrogen and oxygen atoms in total. The highest BCUT2D eigenvalue weighted by Crippen LogP contribution is 2.35. The molecule has 0 spiro atoms. The average molecular weight is 489 g/mol. The molecule has 1 N–H and O–H groups in total. The number of methoxy groups -OCH3 is 1. The van der Waals surface area contributed by atoms with Gasteiger partial charge in [0, 0.05) is 59.9 Å². The zero-order valence-corrected chi connectivity index (χ0v) is 21.7. The normalized spacial score (nSPS) is 15.0. The van der Waals surface area contributed by atoms with Crippen molar-refractivity contribution in [1.29, 1.82) is 0 Å². The molecule has 3 aromatic carbocycles. The molecule has 37 heavy (non-hydrogen) atoms. The molecular weight excluding hydrogens is 456 g/mol. The topological polar surface area (TPSA) is 44.4 Å². The number of benzene rings is 3. The van der Waals surface area contributed by atoms with Crippen molar-refractivity contribution in [2.45, 2.75) is 6.92 Å². The number of allylic oxidation sites excluding steroid dienone is 1. The quantitative estimate of drug-likeness (QED) is 0.299. The smallest absolute Gasteiger partial charge is 0.138 e. The Bertz CT molecular complexity index is 1590. The number of H-pyrrole nitrogens is 1. The number of anilines is 1. The zero-order valence-electron chi connectivity index (χ0n) is 21.7. The van der Waals surface area contributed by atoms with E-state index in [0.29, 0.717) is 0 Å². The van der Waals surface area contributed by atoms with E-state index in [9.17, 15) is 0 Å². The van der Waals surface area contributed by atoms with Crippen LogP contribution in [0.3, 0.4) is 0 Å². The van der Waals surface area contributed by atoms with Crippen LogP contribution in [0.5, 0.6) is 5.75 Å².